The van der Waals surface area contributed by atoms with E-state index in [-0.39, 0.29) is 36.2 Å². The molecule has 5 rings (SSSR count). The lowest BCUT2D eigenvalue weighted by Crippen LogP contribution is -2.08. The normalized spacial score (nSPS) is 11.8. The van der Waals surface area contributed by atoms with E-state index >= 15 is 0 Å². The number of methoxy groups -OCH3 is 1. The van der Waals surface area contributed by atoms with Crippen LogP contribution in [0.5, 0.6) is 23.0 Å². The highest BCUT2D eigenvalue weighted by Gasteiger charge is 2.19. The first kappa shape index (κ1) is 24.1. The highest BCUT2D eigenvalue weighted by atomic mass is 32.2. The van der Waals surface area contributed by atoms with E-state index < -0.39 is 4.92 Å². The summed E-state index contributed by atoms with van der Waals surface area (Å²) >= 11 is 1.17. The number of nitro benzene ring substituents is 1. The fourth-order valence-corrected chi connectivity index (χ4v) is 4.46. The molecule has 0 aliphatic carbocycles. The summed E-state index contributed by atoms with van der Waals surface area (Å²) in [4.78, 5) is 23.3. The smallest absolute Gasteiger partial charge is 0.270 e. The number of thioether (sulfide) groups is 1. The monoisotopic (exact) mass is 520 g/mol. The highest BCUT2D eigenvalue weighted by molar-refractivity contribution is 7.99. The molecule has 0 N–H and O–H groups in total. The number of Topliss-reactive ketones (excluding diaryl/α,β-unsaturated/α-hetero) is 1. The van der Waals surface area contributed by atoms with Gasteiger partial charge in [-0.25, -0.2) is 0 Å². The van der Waals surface area contributed by atoms with E-state index in [1.807, 2.05) is 12.1 Å². The molecule has 2 heterocycles. The molecule has 12 heteroatoms. The number of benzene rings is 3. The summed E-state index contributed by atoms with van der Waals surface area (Å²) in [5.41, 5.74) is 0.865. The summed E-state index contributed by atoms with van der Waals surface area (Å²) in [6.45, 7) is 0.262. The first-order valence-corrected chi connectivity index (χ1v) is 12.0. The van der Waals surface area contributed by atoms with Gasteiger partial charge in [-0.1, -0.05) is 23.9 Å². The number of nitrogens with zero attached hydrogens (tertiary/aromatic N) is 4. The minimum atomic E-state index is -0.531. The number of carbonyl (C=O) groups is 1. The van der Waals surface area contributed by atoms with Crippen molar-refractivity contribution in [3.05, 3.63) is 88.2 Å². The predicted octanol–water partition coefficient (Wildman–Crippen LogP) is 4.47. The van der Waals surface area contributed by atoms with Gasteiger partial charge < -0.3 is 18.9 Å². The number of nitro groups is 1. The van der Waals surface area contributed by atoms with Crippen molar-refractivity contribution in [2.75, 3.05) is 19.7 Å². The molecule has 3 aromatic carbocycles. The summed E-state index contributed by atoms with van der Waals surface area (Å²) in [6.07, 6.45) is 0. The van der Waals surface area contributed by atoms with E-state index in [0.717, 1.165) is 5.69 Å². The highest BCUT2D eigenvalue weighted by Crippen LogP contribution is 2.35. The Balaban J connectivity index is 1.37. The van der Waals surface area contributed by atoms with E-state index in [1.165, 1.54) is 30.0 Å². The topological polar surface area (TPSA) is 128 Å². The molecule has 37 heavy (non-hydrogen) atoms. The zero-order valence-corrected chi connectivity index (χ0v) is 20.3. The molecule has 0 fully saturated rings. The van der Waals surface area contributed by atoms with Crippen LogP contribution in [0.15, 0.2) is 71.9 Å². The Bertz CT molecular complexity index is 1460. The van der Waals surface area contributed by atoms with Gasteiger partial charge in [0.1, 0.15) is 18.1 Å². The van der Waals surface area contributed by atoms with Crippen molar-refractivity contribution in [3.8, 4) is 28.7 Å². The molecule has 0 spiro atoms. The van der Waals surface area contributed by atoms with E-state index in [4.69, 9.17) is 18.9 Å². The number of rotatable bonds is 10. The van der Waals surface area contributed by atoms with Crippen molar-refractivity contribution in [2.45, 2.75) is 11.8 Å². The van der Waals surface area contributed by atoms with Gasteiger partial charge in [-0.15, -0.1) is 10.2 Å². The second kappa shape index (κ2) is 10.6. The van der Waals surface area contributed by atoms with Crippen LogP contribution >= 0.6 is 11.8 Å². The molecule has 188 valence electrons. The molecule has 0 radical (unpaired) electrons. The Labute approximate surface area is 215 Å². The number of hydrogen-bond donors (Lipinski definition) is 0. The maximum atomic E-state index is 12.8. The lowest BCUT2D eigenvalue weighted by molar-refractivity contribution is -0.384. The lowest BCUT2D eigenvalue weighted by atomic mass is 10.1. The minimum Gasteiger partial charge on any atom is -0.497 e. The van der Waals surface area contributed by atoms with Crippen LogP contribution in [0.4, 0.5) is 5.69 Å². The molecule has 0 unspecified atom stereocenters. The maximum absolute atomic E-state index is 12.8. The molecule has 0 saturated heterocycles. The zero-order valence-electron chi connectivity index (χ0n) is 19.5. The summed E-state index contributed by atoms with van der Waals surface area (Å²) < 4.78 is 23.7. The summed E-state index contributed by atoms with van der Waals surface area (Å²) in [6, 6.07) is 18.2. The molecule has 11 nitrogen and oxygen atoms in total. The summed E-state index contributed by atoms with van der Waals surface area (Å²) in [5, 5.41) is 20.1. The van der Waals surface area contributed by atoms with Crippen LogP contribution in [0, 0.1) is 10.1 Å². The lowest BCUT2D eigenvalue weighted by Gasteiger charge is -2.12. The zero-order chi connectivity index (χ0) is 25.8. The van der Waals surface area contributed by atoms with Gasteiger partial charge in [0.15, 0.2) is 28.3 Å². The molecular formula is C25H20N4O7S. The predicted molar refractivity (Wildman–Crippen MR) is 133 cm³/mol. The molecular weight excluding hydrogens is 500 g/mol. The first-order valence-electron chi connectivity index (χ1n) is 11.0. The van der Waals surface area contributed by atoms with Crippen molar-refractivity contribution in [2.24, 2.45) is 0 Å². The third kappa shape index (κ3) is 5.33. The number of ether oxygens (including phenoxy) is 4. The van der Waals surface area contributed by atoms with Gasteiger partial charge in [-0.3, -0.25) is 19.5 Å². The maximum Gasteiger partial charge on any atom is 0.270 e. The summed E-state index contributed by atoms with van der Waals surface area (Å²) in [5.74, 6) is 2.77. The number of carbonyl (C=O) groups excluding carboxylic acids is 1. The Morgan fingerprint density at radius 2 is 1.84 bits per heavy atom. The minimum absolute atomic E-state index is 0.0124. The Morgan fingerprint density at radius 3 is 2.62 bits per heavy atom. The van der Waals surface area contributed by atoms with Crippen molar-refractivity contribution in [1.82, 2.24) is 14.8 Å². The van der Waals surface area contributed by atoms with Gasteiger partial charge in [-0.05, 0) is 36.4 Å². The van der Waals surface area contributed by atoms with E-state index in [1.54, 1.807) is 48.1 Å². The van der Waals surface area contributed by atoms with Crippen LogP contribution in [-0.4, -0.2) is 45.1 Å². The van der Waals surface area contributed by atoms with Crippen LogP contribution in [0.3, 0.4) is 0 Å². The van der Waals surface area contributed by atoms with Crippen LogP contribution in [0.1, 0.15) is 16.2 Å². The molecule has 4 aromatic rings. The molecule has 1 aromatic heterocycles. The van der Waals surface area contributed by atoms with Crippen molar-refractivity contribution in [3.63, 3.8) is 0 Å². The number of hydrogen-bond acceptors (Lipinski definition) is 10. The van der Waals surface area contributed by atoms with Gasteiger partial charge in [0.05, 0.1) is 17.8 Å². The number of ketones is 1. The molecule has 0 atom stereocenters. The Hall–Kier alpha value is -4.58. The van der Waals surface area contributed by atoms with E-state index in [9.17, 15) is 14.9 Å². The van der Waals surface area contributed by atoms with Crippen molar-refractivity contribution in [1.29, 1.82) is 0 Å². The number of aromatic nitrogens is 3. The standard InChI is InChI=1S/C25H20N4O7S/c1-33-19-7-5-17(6-8-19)28-24(13-34-20-9-10-22-23(12-20)36-15-35-22)26-27-25(28)37-14-21(30)16-3-2-4-18(11-16)29(31)32/h2-12H,13-15H2,1H3. The average Bonchev–Trinajstić information content (AvgIpc) is 3.57. The van der Waals surface area contributed by atoms with Crippen LogP contribution in [0.2, 0.25) is 0 Å². The SMILES string of the molecule is COc1ccc(-n2c(COc3ccc4c(c3)OCO4)nnc2SCC(=O)c2cccc([N+](=O)[O-])c2)cc1. The summed E-state index contributed by atoms with van der Waals surface area (Å²) in [7, 11) is 1.58. The Morgan fingerprint density at radius 1 is 1.05 bits per heavy atom. The van der Waals surface area contributed by atoms with Gasteiger partial charge in [0.2, 0.25) is 6.79 Å². The molecule has 0 saturated carbocycles. The second-order valence-electron chi connectivity index (χ2n) is 7.76. The van der Waals surface area contributed by atoms with Gasteiger partial charge >= 0.3 is 0 Å². The molecule has 0 amide bonds. The largest absolute Gasteiger partial charge is 0.497 e. The number of non-ortho nitro benzene ring substituents is 1. The number of fused-ring (bicyclic) bond motifs is 1. The molecule has 1 aliphatic rings. The van der Waals surface area contributed by atoms with Gasteiger partial charge in [0, 0.05) is 29.4 Å². The molecule has 1 aliphatic heterocycles. The van der Waals surface area contributed by atoms with E-state index in [0.29, 0.717) is 34.0 Å². The third-order valence-corrected chi connectivity index (χ3v) is 6.38. The second-order valence-corrected chi connectivity index (χ2v) is 8.70. The molecule has 0 bridgehead atoms. The fraction of sp³-hybridized carbons (Fsp3) is 0.160. The first-order chi connectivity index (χ1) is 18.0. The third-order valence-electron chi connectivity index (χ3n) is 5.45. The quantitative estimate of drug-likeness (QED) is 0.128. The Kier molecular flexibility index (Phi) is 6.90. The van der Waals surface area contributed by atoms with Crippen LogP contribution in [-0.2, 0) is 6.61 Å². The fourth-order valence-electron chi connectivity index (χ4n) is 3.60. The average molecular weight is 521 g/mol. The van der Waals surface area contributed by atoms with Gasteiger partial charge in [0.25, 0.3) is 5.69 Å². The van der Waals surface area contributed by atoms with Gasteiger partial charge in [-0.2, -0.15) is 0 Å². The van der Waals surface area contributed by atoms with Crippen LogP contribution < -0.4 is 18.9 Å². The van der Waals surface area contributed by atoms with Crippen molar-refractivity contribution < 1.29 is 28.7 Å². The van der Waals surface area contributed by atoms with Crippen molar-refractivity contribution >= 4 is 23.2 Å². The van der Waals surface area contributed by atoms with Crippen LogP contribution in [0.25, 0.3) is 5.69 Å². The van der Waals surface area contributed by atoms with E-state index in [2.05, 4.69) is 10.2 Å².